The van der Waals surface area contributed by atoms with E-state index in [1.165, 1.54) is 0 Å². The predicted octanol–water partition coefficient (Wildman–Crippen LogP) is -0.867. The monoisotopic (exact) mass is 312 g/mol. The molecule has 1 fully saturated rings. The molecule has 0 bridgehead atoms. The van der Waals surface area contributed by atoms with Crippen molar-refractivity contribution in [3.8, 4) is 0 Å². The van der Waals surface area contributed by atoms with E-state index < -0.39 is 49.2 Å². The summed E-state index contributed by atoms with van der Waals surface area (Å²) in [5.41, 5.74) is 0.743. The lowest BCUT2D eigenvalue weighted by molar-refractivity contribution is -0.196. The molecule has 1 heterocycles. The standard InChI is InChI=1S/C15H20O7/c1-8(9-5-3-2-4-6-9)14(20)22-15-12(19)11(18)13(21-15)10(17)7-16/h2-6,8,10-13,15-19H,7H2,1H3/t8?,10-,11+,12-,13+,15+/m0/s1. The second-order valence-corrected chi connectivity index (χ2v) is 5.27. The number of rotatable bonds is 5. The van der Waals surface area contributed by atoms with Gasteiger partial charge in [-0.05, 0) is 12.5 Å². The summed E-state index contributed by atoms with van der Waals surface area (Å²) >= 11 is 0. The summed E-state index contributed by atoms with van der Waals surface area (Å²) in [5, 5.41) is 38.0. The molecule has 1 aromatic carbocycles. The number of hydrogen-bond acceptors (Lipinski definition) is 7. The highest BCUT2D eigenvalue weighted by Crippen LogP contribution is 2.26. The molecule has 1 aliphatic heterocycles. The smallest absolute Gasteiger partial charge is 0.315 e. The predicted molar refractivity (Wildman–Crippen MR) is 74.7 cm³/mol. The molecule has 7 heteroatoms. The number of hydrogen-bond donors (Lipinski definition) is 4. The summed E-state index contributed by atoms with van der Waals surface area (Å²) in [7, 11) is 0. The van der Waals surface area contributed by atoms with Gasteiger partial charge in [-0.3, -0.25) is 4.79 Å². The minimum absolute atomic E-state index is 0.573. The van der Waals surface area contributed by atoms with Crippen molar-refractivity contribution in [2.24, 2.45) is 0 Å². The van der Waals surface area contributed by atoms with E-state index >= 15 is 0 Å². The van der Waals surface area contributed by atoms with Crippen LogP contribution in [0.2, 0.25) is 0 Å². The second kappa shape index (κ2) is 7.17. The van der Waals surface area contributed by atoms with Gasteiger partial charge in [0, 0.05) is 0 Å². The lowest BCUT2D eigenvalue weighted by Gasteiger charge is -2.19. The average molecular weight is 312 g/mol. The quantitative estimate of drug-likeness (QED) is 0.522. The molecule has 6 atom stereocenters. The Morgan fingerprint density at radius 2 is 1.91 bits per heavy atom. The molecule has 122 valence electrons. The Kier molecular flexibility index (Phi) is 5.49. The van der Waals surface area contributed by atoms with Gasteiger partial charge in [0.05, 0.1) is 12.5 Å². The SMILES string of the molecule is CC(C(=O)O[C@H]1O[C@H]([C@@H](O)CO)[C@H](O)[C@@H]1O)c1ccccc1. The third-order valence-electron chi connectivity index (χ3n) is 3.71. The zero-order valence-corrected chi connectivity index (χ0v) is 12.1. The van der Waals surface area contributed by atoms with Gasteiger partial charge in [-0.15, -0.1) is 0 Å². The van der Waals surface area contributed by atoms with E-state index in [0.29, 0.717) is 0 Å². The van der Waals surface area contributed by atoms with Gasteiger partial charge in [-0.2, -0.15) is 0 Å². The molecule has 1 aromatic rings. The number of ether oxygens (including phenoxy) is 2. The number of benzene rings is 1. The lowest BCUT2D eigenvalue weighted by atomic mass is 10.0. The van der Waals surface area contributed by atoms with E-state index in [1.54, 1.807) is 31.2 Å². The van der Waals surface area contributed by atoms with E-state index in [9.17, 15) is 20.1 Å². The topological polar surface area (TPSA) is 116 Å². The van der Waals surface area contributed by atoms with Gasteiger partial charge in [0.25, 0.3) is 0 Å². The Hall–Kier alpha value is -1.51. The second-order valence-electron chi connectivity index (χ2n) is 5.27. The lowest BCUT2D eigenvalue weighted by Crippen LogP contribution is -2.40. The summed E-state index contributed by atoms with van der Waals surface area (Å²) < 4.78 is 10.2. The first-order chi connectivity index (χ1) is 10.5. The molecule has 2 rings (SSSR count). The van der Waals surface area contributed by atoms with Crippen molar-refractivity contribution in [3.05, 3.63) is 35.9 Å². The minimum Gasteiger partial charge on any atom is -0.432 e. The van der Waals surface area contributed by atoms with E-state index in [2.05, 4.69) is 0 Å². The molecule has 7 nitrogen and oxygen atoms in total. The third kappa shape index (κ3) is 3.45. The van der Waals surface area contributed by atoms with Gasteiger partial charge in [0.1, 0.15) is 24.4 Å². The van der Waals surface area contributed by atoms with E-state index in [4.69, 9.17) is 14.6 Å². The van der Waals surface area contributed by atoms with Crippen LogP contribution in [0.25, 0.3) is 0 Å². The molecule has 0 aromatic heterocycles. The third-order valence-corrected chi connectivity index (χ3v) is 3.71. The average Bonchev–Trinajstić information content (AvgIpc) is 2.82. The van der Waals surface area contributed by atoms with E-state index in [-0.39, 0.29) is 0 Å². The number of aliphatic hydroxyl groups excluding tert-OH is 4. The van der Waals surface area contributed by atoms with E-state index in [1.807, 2.05) is 6.07 Å². The van der Waals surface area contributed by atoms with Gasteiger partial charge in [-0.1, -0.05) is 30.3 Å². The fourth-order valence-electron chi connectivity index (χ4n) is 2.29. The molecule has 0 radical (unpaired) electrons. The largest absolute Gasteiger partial charge is 0.432 e. The molecule has 0 aliphatic carbocycles. The van der Waals surface area contributed by atoms with Gasteiger partial charge in [0.15, 0.2) is 0 Å². The summed E-state index contributed by atoms with van der Waals surface area (Å²) in [6.45, 7) is 1.00. The highest BCUT2D eigenvalue weighted by atomic mass is 16.7. The van der Waals surface area contributed by atoms with Crippen molar-refractivity contribution < 1.29 is 34.7 Å². The Bertz CT molecular complexity index is 492. The van der Waals surface area contributed by atoms with Crippen molar-refractivity contribution in [1.82, 2.24) is 0 Å². The molecule has 1 unspecified atom stereocenters. The first-order valence-electron chi connectivity index (χ1n) is 7.01. The maximum atomic E-state index is 12.1. The van der Waals surface area contributed by atoms with Crippen LogP contribution in [0.5, 0.6) is 0 Å². The van der Waals surface area contributed by atoms with Crippen molar-refractivity contribution in [1.29, 1.82) is 0 Å². The summed E-state index contributed by atoms with van der Waals surface area (Å²) in [5.74, 6) is -1.20. The van der Waals surface area contributed by atoms with Gasteiger partial charge in [-0.25, -0.2) is 0 Å². The summed E-state index contributed by atoms with van der Waals surface area (Å²) in [6.07, 6.45) is -6.92. The van der Waals surface area contributed by atoms with Crippen LogP contribution in [0, 0.1) is 0 Å². The molecule has 1 saturated heterocycles. The summed E-state index contributed by atoms with van der Waals surface area (Å²) in [6, 6.07) is 8.94. The molecule has 22 heavy (non-hydrogen) atoms. The number of carbonyl (C=O) groups is 1. The van der Waals surface area contributed by atoms with Crippen molar-refractivity contribution in [2.45, 2.75) is 43.5 Å². The number of esters is 1. The maximum Gasteiger partial charge on any atom is 0.315 e. The van der Waals surface area contributed by atoms with Crippen LogP contribution in [0.15, 0.2) is 30.3 Å². The van der Waals surface area contributed by atoms with Crippen LogP contribution >= 0.6 is 0 Å². The van der Waals surface area contributed by atoms with Crippen molar-refractivity contribution in [2.75, 3.05) is 6.61 Å². The Morgan fingerprint density at radius 1 is 1.27 bits per heavy atom. The van der Waals surface area contributed by atoms with Gasteiger partial charge in [0.2, 0.25) is 6.29 Å². The summed E-state index contributed by atoms with van der Waals surface area (Å²) in [4.78, 5) is 12.1. The number of aliphatic hydroxyl groups is 4. The zero-order chi connectivity index (χ0) is 16.3. The normalized spacial score (nSPS) is 30.8. The molecule has 1 aliphatic rings. The Labute approximate surface area is 127 Å². The molecule has 0 amide bonds. The fraction of sp³-hybridized carbons (Fsp3) is 0.533. The van der Waals surface area contributed by atoms with Crippen molar-refractivity contribution >= 4 is 5.97 Å². The van der Waals surface area contributed by atoms with E-state index in [0.717, 1.165) is 5.56 Å². The molecular weight excluding hydrogens is 292 g/mol. The first-order valence-corrected chi connectivity index (χ1v) is 7.01. The molecule has 0 spiro atoms. The maximum absolute atomic E-state index is 12.1. The zero-order valence-electron chi connectivity index (χ0n) is 12.1. The van der Waals surface area contributed by atoms with Crippen LogP contribution in [0.4, 0.5) is 0 Å². The van der Waals surface area contributed by atoms with Gasteiger partial charge < -0.3 is 29.9 Å². The number of carbonyl (C=O) groups excluding carboxylic acids is 1. The van der Waals surface area contributed by atoms with Crippen LogP contribution in [0.3, 0.4) is 0 Å². The van der Waals surface area contributed by atoms with Crippen LogP contribution in [0.1, 0.15) is 18.4 Å². The molecular formula is C15H20O7. The molecule has 4 N–H and O–H groups in total. The first kappa shape index (κ1) is 16.9. The Morgan fingerprint density at radius 3 is 2.50 bits per heavy atom. The van der Waals surface area contributed by atoms with Gasteiger partial charge >= 0.3 is 5.97 Å². The van der Waals surface area contributed by atoms with Crippen LogP contribution < -0.4 is 0 Å². The Balaban J connectivity index is 2.00. The highest BCUT2D eigenvalue weighted by molar-refractivity contribution is 5.77. The molecule has 0 saturated carbocycles. The van der Waals surface area contributed by atoms with Crippen LogP contribution in [-0.2, 0) is 14.3 Å². The fourth-order valence-corrected chi connectivity index (χ4v) is 2.29. The van der Waals surface area contributed by atoms with Crippen molar-refractivity contribution in [3.63, 3.8) is 0 Å². The van der Waals surface area contributed by atoms with Crippen LogP contribution in [-0.4, -0.2) is 63.7 Å². The highest BCUT2D eigenvalue weighted by Gasteiger charge is 2.48. The minimum atomic E-state index is -1.49.